The molecular formula is C31H46N2O6. The van der Waals surface area contributed by atoms with E-state index in [-0.39, 0.29) is 31.5 Å². The van der Waals surface area contributed by atoms with Crippen molar-refractivity contribution in [3.63, 3.8) is 0 Å². The minimum Gasteiger partial charge on any atom is -0.491 e. The molecule has 8 nitrogen and oxygen atoms in total. The first-order valence-corrected chi connectivity index (χ1v) is 14.3. The van der Waals surface area contributed by atoms with Gasteiger partial charge in [-0.15, -0.1) is 5.10 Å². The smallest absolute Gasteiger partial charge is 0.238 e. The molecule has 1 aromatic heterocycles. The first kappa shape index (κ1) is 29.6. The highest BCUT2D eigenvalue weighted by Crippen LogP contribution is 2.47. The molecule has 0 spiro atoms. The monoisotopic (exact) mass is 542 g/mol. The summed E-state index contributed by atoms with van der Waals surface area (Å²) in [5.41, 5.74) is 5.92. The van der Waals surface area contributed by atoms with Crippen LogP contribution in [0.5, 0.6) is 11.6 Å². The second kappa shape index (κ2) is 13.3. The summed E-state index contributed by atoms with van der Waals surface area (Å²) in [6.07, 6.45) is 3.41. The van der Waals surface area contributed by atoms with Gasteiger partial charge < -0.3 is 29.2 Å². The molecule has 2 fully saturated rings. The van der Waals surface area contributed by atoms with Crippen LogP contribution in [0.4, 0.5) is 0 Å². The molecule has 2 aliphatic carbocycles. The van der Waals surface area contributed by atoms with E-state index < -0.39 is 12.2 Å². The van der Waals surface area contributed by atoms with E-state index in [1.165, 1.54) is 11.1 Å². The lowest BCUT2D eigenvalue weighted by atomic mass is 9.65. The van der Waals surface area contributed by atoms with Crippen molar-refractivity contribution >= 4 is 0 Å². The Morgan fingerprint density at radius 2 is 1.77 bits per heavy atom. The molecular weight excluding hydrogens is 496 g/mol. The molecule has 2 unspecified atom stereocenters. The largest absolute Gasteiger partial charge is 0.491 e. The molecule has 4 rings (SSSR count). The zero-order chi connectivity index (χ0) is 28.1. The van der Waals surface area contributed by atoms with E-state index in [1.807, 2.05) is 30.7 Å². The summed E-state index contributed by atoms with van der Waals surface area (Å²) in [6, 6.07) is 8.27. The molecule has 8 heteroatoms. The third-order valence-electron chi connectivity index (χ3n) is 8.06. The second-order valence-electron chi connectivity index (χ2n) is 11.4. The molecule has 2 aliphatic rings. The van der Waals surface area contributed by atoms with Gasteiger partial charge in [-0.1, -0.05) is 23.3 Å². The van der Waals surface area contributed by atoms with Crippen LogP contribution in [0.1, 0.15) is 76.2 Å². The Kier molecular flexibility index (Phi) is 10.1. The highest BCUT2D eigenvalue weighted by atomic mass is 16.7. The van der Waals surface area contributed by atoms with Gasteiger partial charge in [0.05, 0.1) is 25.4 Å². The third kappa shape index (κ3) is 6.85. The standard InChI is InChI=1S/C31H46N2O6/c1-19(2)33-21(5)28(15-22-7-10-24(11-8-22)39-20(3)4)31(32-33)38-18-37-29(16-34)30(35)27-14-13-26(27)25-12-9-23(25)17-36-6/h7-8,10-11,19-20,23,27,29-30,34-35H,9,12-18H2,1-6H3/b26-25-/t23-,27-,29?,30?/m1/s1. The zero-order valence-electron chi connectivity index (χ0n) is 24.4. The van der Waals surface area contributed by atoms with Gasteiger partial charge in [-0.3, -0.25) is 4.68 Å². The van der Waals surface area contributed by atoms with Gasteiger partial charge in [0.25, 0.3) is 0 Å². The lowest BCUT2D eigenvalue weighted by Gasteiger charge is -2.43. The number of hydrogen-bond donors (Lipinski definition) is 2. The second-order valence-corrected chi connectivity index (χ2v) is 11.4. The zero-order valence-corrected chi connectivity index (χ0v) is 24.4. The van der Waals surface area contributed by atoms with Gasteiger partial charge >= 0.3 is 0 Å². The van der Waals surface area contributed by atoms with Crippen LogP contribution in [0.25, 0.3) is 0 Å². The summed E-state index contributed by atoms with van der Waals surface area (Å²) >= 11 is 0. The number of methoxy groups -OCH3 is 1. The Hall–Kier alpha value is -2.39. The summed E-state index contributed by atoms with van der Waals surface area (Å²) in [7, 11) is 1.74. The number of aromatic nitrogens is 2. The van der Waals surface area contributed by atoms with Crippen LogP contribution < -0.4 is 9.47 Å². The number of rotatable bonds is 14. The van der Waals surface area contributed by atoms with Crippen LogP contribution in [-0.4, -0.2) is 65.4 Å². The van der Waals surface area contributed by atoms with Crippen LogP contribution >= 0.6 is 0 Å². The SMILES string of the molecule is COC[C@H]1CC/C1=C1\CC[C@H]1C(O)C(CO)OCOc1nn(C(C)C)c(C)c1Cc1ccc(OC(C)C)cc1. The average molecular weight is 543 g/mol. The first-order valence-electron chi connectivity index (χ1n) is 14.3. The number of nitrogens with zero attached hydrogens (tertiary/aromatic N) is 2. The molecule has 0 amide bonds. The maximum absolute atomic E-state index is 11.1. The van der Waals surface area contributed by atoms with Gasteiger partial charge in [0.1, 0.15) is 11.9 Å². The van der Waals surface area contributed by atoms with Crippen molar-refractivity contribution in [1.29, 1.82) is 0 Å². The Morgan fingerprint density at radius 1 is 1.05 bits per heavy atom. The van der Waals surface area contributed by atoms with E-state index >= 15 is 0 Å². The predicted octanol–water partition coefficient (Wildman–Crippen LogP) is 4.99. The lowest BCUT2D eigenvalue weighted by molar-refractivity contribution is -0.123. The van der Waals surface area contributed by atoms with Crippen LogP contribution in [0.2, 0.25) is 0 Å². The lowest BCUT2D eigenvalue weighted by Crippen LogP contribution is -2.44. The minimum atomic E-state index is -0.778. The molecule has 4 atom stereocenters. The summed E-state index contributed by atoms with van der Waals surface area (Å²) < 4.78 is 25.0. The number of benzene rings is 1. The summed E-state index contributed by atoms with van der Waals surface area (Å²) in [5.74, 6) is 1.85. The van der Waals surface area contributed by atoms with Crippen molar-refractivity contribution < 1.29 is 29.2 Å². The van der Waals surface area contributed by atoms with E-state index in [9.17, 15) is 10.2 Å². The van der Waals surface area contributed by atoms with Gasteiger partial charge in [0.15, 0.2) is 6.79 Å². The maximum atomic E-state index is 11.1. The number of aliphatic hydroxyl groups is 2. The minimum absolute atomic E-state index is 0.0254. The molecule has 1 aromatic carbocycles. The molecule has 0 bridgehead atoms. The molecule has 0 saturated heterocycles. The van der Waals surface area contributed by atoms with E-state index in [2.05, 4.69) is 32.9 Å². The van der Waals surface area contributed by atoms with Crippen molar-refractivity contribution in [2.24, 2.45) is 11.8 Å². The Balaban J connectivity index is 1.40. The van der Waals surface area contributed by atoms with Crippen molar-refractivity contribution in [3.8, 4) is 11.6 Å². The van der Waals surface area contributed by atoms with E-state index in [1.54, 1.807) is 7.11 Å². The number of aliphatic hydroxyl groups excluding tert-OH is 2. The highest BCUT2D eigenvalue weighted by molar-refractivity contribution is 5.38. The quantitative estimate of drug-likeness (QED) is 0.257. The summed E-state index contributed by atoms with van der Waals surface area (Å²) in [4.78, 5) is 0. The van der Waals surface area contributed by atoms with Crippen LogP contribution in [0, 0.1) is 18.8 Å². The molecule has 0 aliphatic heterocycles. The highest BCUT2D eigenvalue weighted by Gasteiger charge is 2.40. The van der Waals surface area contributed by atoms with Crippen LogP contribution in [0.3, 0.4) is 0 Å². The Bertz CT molecular complexity index is 1110. The summed E-state index contributed by atoms with van der Waals surface area (Å²) in [6.45, 7) is 10.6. The molecule has 2 N–H and O–H groups in total. The Morgan fingerprint density at radius 3 is 2.31 bits per heavy atom. The van der Waals surface area contributed by atoms with Crippen molar-refractivity contribution in [2.45, 2.75) is 91.1 Å². The molecule has 2 aromatic rings. The maximum Gasteiger partial charge on any atom is 0.238 e. The molecule has 216 valence electrons. The van der Waals surface area contributed by atoms with E-state index in [0.717, 1.165) is 54.9 Å². The van der Waals surface area contributed by atoms with Gasteiger partial charge in [0, 0.05) is 42.7 Å². The molecule has 39 heavy (non-hydrogen) atoms. The van der Waals surface area contributed by atoms with E-state index in [4.69, 9.17) is 24.0 Å². The van der Waals surface area contributed by atoms with Crippen molar-refractivity contribution in [2.75, 3.05) is 27.1 Å². The fourth-order valence-corrected chi connectivity index (χ4v) is 5.74. The van der Waals surface area contributed by atoms with E-state index in [0.29, 0.717) is 18.2 Å². The summed E-state index contributed by atoms with van der Waals surface area (Å²) in [5, 5.41) is 25.8. The molecule has 1 heterocycles. The van der Waals surface area contributed by atoms with Gasteiger partial charge in [-0.2, -0.15) is 0 Å². The predicted molar refractivity (Wildman–Crippen MR) is 150 cm³/mol. The van der Waals surface area contributed by atoms with Gasteiger partial charge in [-0.05, 0) is 78.0 Å². The first-order chi connectivity index (χ1) is 18.7. The van der Waals surface area contributed by atoms with Gasteiger partial charge in [0.2, 0.25) is 5.88 Å². The topological polar surface area (TPSA) is 95.2 Å². The number of ether oxygens (including phenoxy) is 4. The Labute approximate surface area is 232 Å². The van der Waals surface area contributed by atoms with Gasteiger partial charge in [-0.25, -0.2) is 0 Å². The van der Waals surface area contributed by atoms with Crippen LogP contribution in [-0.2, 0) is 15.9 Å². The van der Waals surface area contributed by atoms with Crippen molar-refractivity contribution in [1.82, 2.24) is 9.78 Å². The fourth-order valence-electron chi connectivity index (χ4n) is 5.74. The average Bonchev–Trinajstić information content (AvgIpc) is 3.18. The van der Waals surface area contributed by atoms with Crippen LogP contribution in [0.15, 0.2) is 35.4 Å². The number of hydrogen-bond acceptors (Lipinski definition) is 7. The molecule has 0 radical (unpaired) electrons. The third-order valence-corrected chi connectivity index (χ3v) is 8.06. The van der Waals surface area contributed by atoms with Crippen molar-refractivity contribution in [3.05, 3.63) is 52.2 Å². The fraction of sp³-hybridized carbons (Fsp3) is 0.645. The normalized spacial score (nSPS) is 22.5. The molecule has 2 saturated carbocycles.